The normalized spacial score (nSPS) is 16.0. The van der Waals surface area contributed by atoms with Crippen LogP contribution in [0.4, 0.5) is 10.1 Å². The number of unbranched alkanes of at least 4 members (excludes halogenated alkanes) is 5. The van der Waals surface area contributed by atoms with Crippen LogP contribution in [0, 0.1) is 5.82 Å². The van der Waals surface area contributed by atoms with Crippen LogP contribution in [0.5, 0.6) is 0 Å². The molecule has 1 N–H and O–H groups in total. The van der Waals surface area contributed by atoms with Crippen LogP contribution in [0.15, 0.2) is 59.6 Å². The summed E-state index contributed by atoms with van der Waals surface area (Å²) in [5.74, 6) is -1.69. The van der Waals surface area contributed by atoms with Gasteiger partial charge in [0.1, 0.15) is 11.4 Å². The second-order valence-corrected chi connectivity index (χ2v) is 11.6. The number of carboxylic acids is 1. The fourth-order valence-corrected chi connectivity index (χ4v) is 5.66. The van der Waals surface area contributed by atoms with Crippen molar-refractivity contribution in [1.29, 1.82) is 0 Å². The molecule has 2 aromatic rings. The van der Waals surface area contributed by atoms with Gasteiger partial charge in [0.05, 0.1) is 11.2 Å². The predicted molar refractivity (Wildman–Crippen MR) is 171 cm³/mol. The summed E-state index contributed by atoms with van der Waals surface area (Å²) < 4.78 is 17.0. The molecule has 2 aliphatic rings. The zero-order chi connectivity index (χ0) is 30.6. The van der Waals surface area contributed by atoms with Gasteiger partial charge in [-0.3, -0.25) is 9.59 Å². The van der Waals surface area contributed by atoms with Crippen LogP contribution in [0.2, 0.25) is 0 Å². The van der Waals surface area contributed by atoms with E-state index in [-0.39, 0.29) is 22.9 Å². The molecule has 2 heterocycles. The zero-order valence-electron chi connectivity index (χ0n) is 25.5. The molecule has 0 radical (unpaired) electrons. The van der Waals surface area contributed by atoms with Gasteiger partial charge in [-0.05, 0) is 63.5 Å². The molecule has 0 atom stereocenters. The molecule has 0 spiro atoms. The standard InChI is InChI=1S/C35H46FN3O4/c1-2-3-4-5-6-7-8-9-10-11-12-13-14-15-16-17-33(40)38-22-20-37(21-23-38)32-25-31-28(24-30(32)36)34(41)29(35(42)43)26-39(31)27-18-19-27/h3-4,6-7,9-10,24-27H,2,5,8,11-23H2,1H3,(H,42,43)/b4-3-,7-6-,10-9-. The van der Waals surface area contributed by atoms with Gasteiger partial charge in [-0.1, -0.05) is 62.6 Å². The van der Waals surface area contributed by atoms with E-state index in [9.17, 15) is 19.5 Å². The molecular formula is C35H46FN3O4. The first kappa shape index (κ1) is 32.2. The summed E-state index contributed by atoms with van der Waals surface area (Å²) in [7, 11) is 0. The van der Waals surface area contributed by atoms with Crippen molar-refractivity contribution in [2.75, 3.05) is 31.1 Å². The summed E-state index contributed by atoms with van der Waals surface area (Å²) in [6.07, 6.45) is 26.7. The fourth-order valence-electron chi connectivity index (χ4n) is 5.66. The number of aromatic nitrogens is 1. The molecule has 1 aliphatic heterocycles. The fraction of sp³-hybridized carbons (Fsp3) is 0.514. The molecule has 0 bridgehead atoms. The zero-order valence-corrected chi connectivity index (χ0v) is 25.5. The van der Waals surface area contributed by atoms with Gasteiger partial charge in [0.2, 0.25) is 11.3 Å². The maximum absolute atomic E-state index is 15.2. The minimum absolute atomic E-state index is 0.0947. The molecule has 1 saturated carbocycles. The Bertz CT molecular complexity index is 1400. The molecule has 7 nitrogen and oxygen atoms in total. The summed E-state index contributed by atoms with van der Waals surface area (Å²) in [4.78, 5) is 40.9. The van der Waals surface area contributed by atoms with Gasteiger partial charge in [0.15, 0.2) is 0 Å². The Kier molecular flexibility index (Phi) is 12.2. The van der Waals surface area contributed by atoms with E-state index in [2.05, 4.69) is 43.4 Å². The van der Waals surface area contributed by atoms with E-state index in [0.717, 1.165) is 57.8 Å². The molecule has 2 fully saturated rings. The Morgan fingerprint density at radius 1 is 0.907 bits per heavy atom. The van der Waals surface area contributed by atoms with Crippen molar-refractivity contribution >= 4 is 28.5 Å². The van der Waals surface area contributed by atoms with Gasteiger partial charge < -0.3 is 19.5 Å². The number of nitrogens with zero attached hydrogens (tertiary/aromatic N) is 3. The maximum Gasteiger partial charge on any atom is 0.341 e. The molecule has 1 aromatic carbocycles. The van der Waals surface area contributed by atoms with Crippen molar-refractivity contribution in [3.8, 4) is 0 Å². The highest BCUT2D eigenvalue weighted by molar-refractivity contribution is 5.93. The van der Waals surface area contributed by atoms with Crippen molar-refractivity contribution in [2.24, 2.45) is 0 Å². The Hall–Kier alpha value is -3.68. The number of fused-ring (bicyclic) bond motifs is 1. The SMILES string of the molecule is CC/C=C\C/C=C\C/C=C\CCCCCCCC(=O)N1CCN(c2cc3c(cc2F)c(=O)c(C(=O)O)cn3C2CC2)CC1. The van der Waals surface area contributed by atoms with Crippen LogP contribution in [0.1, 0.15) is 100 Å². The van der Waals surface area contributed by atoms with E-state index in [4.69, 9.17) is 0 Å². The number of carbonyl (C=O) groups is 2. The average molecular weight is 592 g/mol. The number of allylic oxidation sites excluding steroid dienone is 6. The number of anilines is 1. The van der Waals surface area contributed by atoms with Gasteiger partial charge in [-0.15, -0.1) is 0 Å². The Morgan fingerprint density at radius 2 is 1.56 bits per heavy atom. The van der Waals surface area contributed by atoms with Gasteiger partial charge in [-0.25, -0.2) is 9.18 Å². The Labute approximate surface area is 254 Å². The number of pyridine rings is 1. The number of aromatic carboxylic acids is 1. The van der Waals surface area contributed by atoms with E-state index in [1.54, 1.807) is 6.07 Å². The number of rotatable bonds is 16. The largest absolute Gasteiger partial charge is 0.477 e. The van der Waals surface area contributed by atoms with Gasteiger partial charge in [0, 0.05) is 50.2 Å². The first-order valence-electron chi connectivity index (χ1n) is 16.0. The summed E-state index contributed by atoms with van der Waals surface area (Å²) in [5, 5.41) is 9.56. The lowest BCUT2D eigenvalue weighted by Crippen LogP contribution is -2.49. The van der Waals surface area contributed by atoms with E-state index < -0.39 is 17.2 Å². The number of carbonyl (C=O) groups excluding carboxylic acids is 1. The smallest absolute Gasteiger partial charge is 0.341 e. The Balaban J connectivity index is 1.17. The third-order valence-corrected chi connectivity index (χ3v) is 8.29. The topological polar surface area (TPSA) is 82.8 Å². The van der Waals surface area contributed by atoms with Gasteiger partial charge in [0.25, 0.3) is 0 Å². The molecule has 232 valence electrons. The quantitative estimate of drug-likeness (QED) is 0.162. The first-order chi connectivity index (χ1) is 20.9. The Morgan fingerprint density at radius 3 is 2.23 bits per heavy atom. The molecule has 0 unspecified atom stereocenters. The third kappa shape index (κ3) is 9.15. The highest BCUT2D eigenvalue weighted by Gasteiger charge is 2.29. The molecule has 8 heteroatoms. The van der Waals surface area contributed by atoms with Crippen LogP contribution >= 0.6 is 0 Å². The molecular weight excluding hydrogens is 545 g/mol. The van der Waals surface area contributed by atoms with E-state index in [1.165, 1.54) is 25.1 Å². The molecule has 1 amide bonds. The number of amides is 1. The highest BCUT2D eigenvalue weighted by Crippen LogP contribution is 2.38. The van der Waals surface area contributed by atoms with E-state index in [0.29, 0.717) is 43.8 Å². The number of hydrogen-bond donors (Lipinski definition) is 1. The second-order valence-electron chi connectivity index (χ2n) is 11.6. The van der Waals surface area contributed by atoms with Crippen LogP contribution < -0.4 is 10.3 Å². The van der Waals surface area contributed by atoms with Crippen molar-refractivity contribution in [3.63, 3.8) is 0 Å². The summed E-state index contributed by atoms with van der Waals surface area (Å²) >= 11 is 0. The second kappa shape index (κ2) is 16.2. The highest BCUT2D eigenvalue weighted by atomic mass is 19.1. The number of halogens is 1. The van der Waals surface area contributed by atoms with E-state index >= 15 is 4.39 Å². The van der Waals surface area contributed by atoms with Gasteiger partial charge >= 0.3 is 5.97 Å². The monoisotopic (exact) mass is 591 g/mol. The number of carboxylic acid groups (broad SMARTS) is 1. The number of benzene rings is 1. The lowest BCUT2D eigenvalue weighted by atomic mass is 10.1. The average Bonchev–Trinajstić information content (AvgIpc) is 3.85. The minimum atomic E-state index is -1.30. The molecule has 1 aromatic heterocycles. The number of hydrogen-bond acceptors (Lipinski definition) is 4. The van der Waals surface area contributed by atoms with Crippen LogP contribution in [0.3, 0.4) is 0 Å². The minimum Gasteiger partial charge on any atom is -0.477 e. The first-order valence-corrected chi connectivity index (χ1v) is 16.0. The molecule has 1 saturated heterocycles. The van der Waals surface area contributed by atoms with Crippen LogP contribution in [-0.2, 0) is 4.79 Å². The van der Waals surface area contributed by atoms with E-state index in [1.807, 2.05) is 14.4 Å². The summed E-state index contributed by atoms with van der Waals surface area (Å²) in [5.41, 5.74) is -0.0397. The van der Waals surface area contributed by atoms with Crippen molar-refractivity contribution in [2.45, 2.75) is 90.0 Å². The lowest BCUT2D eigenvalue weighted by Gasteiger charge is -2.36. The maximum atomic E-state index is 15.2. The summed E-state index contributed by atoms with van der Waals surface area (Å²) in [6, 6.07) is 2.98. The predicted octanol–water partition coefficient (Wildman–Crippen LogP) is 7.41. The third-order valence-electron chi connectivity index (χ3n) is 8.29. The molecule has 4 rings (SSSR count). The van der Waals surface area contributed by atoms with Crippen molar-refractivity contribution in [1.82, 2.24) is 9.47 Å². The molecule has 43 heavy (non-hydrogen) atoms. The van der Waals surface area contributed by atoms with Crippen molar-refractivity contribution < 1.29 is 19.1 Å². The van der Waals surface area contributed by atoms with Crippen molar-refractivity contribution in [3.05, 3.63) is 76.4 Å². The lowest BCUT2D eigenvalue weighted by molar-refractivity contribution is -0.131. The van der Waals surface area contributed by atoms with Crippen LogP contribution in [-0.4, -0.2) is 52.6 Å². The molecule has 1 aliphatic carbocycles. The van der Waals surface area contributed by atoms with Gasteiger partial charge in [-0.2, -0.15) is 0 Å². The van der Waals surface area contributed by atoms with Crippen LogP contribution in [0.25, 0.3) is 10.9 Å². The number of piperazine rings is 1. The summed E-state index contributed by atoms with van der Waals surface area (Å²) in [6.45, 7) is 4.22.